The summed E-state index contributed by atoms with van der Waals surface area (Å²) in [6.07, 6.45) is 0. The van der Waals surface area contributed by atoms with Crippen molar-refractivity contribution >= 4 is 15.9 Å². The molecule has 1 fully saturated rings. The number of carbonyl (C=O) groups is 1. The van der Waals surface area contributed by atoms with E-state index in [1.54, 1.807) is 36.4 Å². The molecule has 1 N–H and O–H groups in total. The summed E-state index contributed by atoms with van der Waals surface area (Å²) in [5.74, 6) is -0.448. The van der Waals surface area contributed by atoms with E-state index >= 15 is 0 Å². The first-order chi connectivity index (χ1) is 13.8. The number of rotatable bonds is 6. The zero-order valence-electron chi connectivity index (χ0n) is 16.6. The van der Waals surface area contributed by atoms with Gasteiger partial charge < -0.3 is 5.32 Å². The minimum absolute atomic E-state index is 0.135. The van der Waals surface area contributed by atoms with Crippen molar-refractivity contribution in [1.82, 2.24) is 14.5 Å². The molecule has 1 aliphatic heterocycles. The molecule has 0 aliphatic carbocycles. The minimum atomic E-state index is -3.52. The first kappa shape index (κ1) is 21.4. The van der Waals surface area contributed by atoms with Crippen LogP contribution in [0.5, 0.6) is 0 Å². The molecule has 2 aromatic rings. The molecule has 156 valence electrons. The molecule has 0 radical (unpaired) electrons. The van der Waals surface area contributed by atoms with Crippen LogP contribution >= 0.6 is 0 Å². The van der Waals surface area contributed by atoms with Gasteiger partial charge in [-0.05, 0) is 43.7 Å². The van der Waals surface area contributed by atoms with Crippen molar-refractivity contribution in [3.8, 4) is 0 Å². The van der Waals surface area contributed by atoms with Crippen LogP contribution in [0.15, 0.2) is 53.4 Å². The number of aryl methyl sites for hydroxylation is 1. The maximum atomic E-state index is 13.0. The van der Waals surface area contributed by atoms with Gasteiger partial charge in [0.05, 0.1) is 10.9 Å². The molecule has 1 aliphatic rings. The Labute approximate surface area is 171 Å². The van der Waals surface area contributed by atoms with Crippen molar-refractivity contribution in [3.05, 3.63) is 65.5 Å². The fourth-order valence-corrected chi connectivity index (χ4v) is 4.72. The third-order valence-corrected chi connectivity index (χ3v) is 7.15. The van der Waals surface area contributed by atoms with Crippen molar-refractivity contribution in [2.45, 2.75) is 31.3 Å². The number of nitrogens with zero attached hydrogens (tertiary/aromatic N) is 2. The molecular formula is C21H26FN3O3S. The summed E-state index contributed by atoms with van der Waals surface area (Å²) < 4.78 is 40.0. The van der Waals surface area contributed by atoms with Gasteiger partial charge in [-0.1, -0.05) is 29.8 Å². The van der Waals surface area contributed by atoms with Crippen LogP contribution in [0.3, 0.4) is 0 Å². The fourth-order valence-electron chi connectivity index (χ4n) is 3.30. The summed E-state index contributed by atoms with van der Waals surface area (Å²) in [5.41, 5.74) is 1.83. The van der Waals surface area contributed by atoms with E-state index in [2.05, 4.69) is 5.32 Å². The minimum Gasteiger partial charge on any atom is -0.351 e. The lowest BCUT2D eigenvalue weighted by atomic mass is 10.2. The molecule has 0 bridgehead atoms. The summed E-state index contributed by atoms with van der Waals surface area (Å²) >= 11 is 0. The number of hydrogen-bond donors (Lipinski definition) is 1. The molecule has 1 heterocycles. The van der Waals surface area contributed by atoms with Crippen molar-refractivity contribution in [3.63, 3.8) is 0 Å². The van der Waals surface area contributed by atoms with Crippen LogP contribution < -0.4 is 5.32 Å². The van der Waals surface area contributed by atoms with Gasteiger partial charge in [0, 0.05) is 32.7 Å². The third kappa shape index (κ3) is 5.20. The van der Waals surface area contributed by atoms with Gasteiger partial charge in [-0.3, -0.25) is 9.69 Å². The number of amides is 1. The lowest BCUT2D eigenvalue weighted by molar-refractivity contribution is -0.126. The first-order valence-corrected chi connectivity index (χ1v) is 11.0. The van der Waals surface area contributed by atoms with Gasteiger partial charge in [-0.15, -0.1) is 0 Å². The number of nitrogens with one attached hydrogen (secondary N) is 1. The predicted molar refractivity (Wildman–Crippen MR) is 109 cm³/mol. The van der Waals surface area contributed by atoms with E-state index in [9.17, 15) is 17.6 Å². The molecule has 1 atom stereocenters. The quantitative estimate of drug-likeness (QED) is 0.779. The normalized spacial score (nSPS) is 17.1. The van der Waals surface area contributed by atoms with Crippen LogP contribution in [0.25, 0.3) is 0 Å². The van der Waals surface area contributed by atoms with E-state index in [0.29, 0.717) is 37.6 Å². The average molecular weight is 420 g/mol. The Kier molecular flexibility index (Phi) is 6.66. The van der Waals surface area contributed by atoms with Crippen LogP contribution in [0.2, 0.25) is 0 Å². The van der Waals surface area contributed by atoms with E-state index < -0.39 is 10.0 Å². The Hall–Kier alpha value is -2.29. The number of hydrogen-bond acceptors (Lipinski definition) is 4. The zero-order chi connectivity index (χ0) is 21.0. The summed E-state index contributed by atoms with van der Waals surface area (Å²) in [5, 5.41) is 2.85. The molecule has 0 spiro atoms. The summed E-state index contributed by atoms with van der Waals surface area (Å²) in [7, 11) is -3.52. The second kappa shape index (κ2) is 9.02. The van der Waals surface area contributed by atoms with Crippen LogP contribution in [-0.4, -0.2) is 55.8 Å². The number of carbonyl (C=O) groups excluding carboxylic acids is 1. The summed E-state index contributed by atoms with van der Waals surface area (Å²) in [4.78, 5) is 14.7. The van der Waals surface area contributed by atoms with Gasteiger partial charge in [0.15, 0.2) is 0 Å². The maximum absolute atomic E-state index is 13.0. The maximum Gasteiger partial charge on any atom is 0.243 e. The number of sulfonamides is 1. The van der Waals surface area contributed by atoms with Crippen molar-refractivity contribution < 1.29 is 17.6 Å². The Balaban J connectivity index is 1.53. The van der Waals surface area contributed by atoms with Gasteiger partial charge in [0.2, 0.25) is 15.9 Å². The molecule has 2 aromatic carbocycles. The molecule has 6 nitrogen and oxygen atoms in total. The molecule has 3 rings (SSSR count). The fraction of sp³-hybridized carbons (Fsp3) is 0.381. The Morgan fingerprint density at radius 1 is 1.03 bits per heavy atom. The largest absolute Gasteiger partial charge is 0.351 e. The lowest BCUT2D eigenvalue weighted by Crippen LogP contribution is -2.54. The highest BCUT2D eigenvalue weighted by molar-refractivity contribution is 7.89. The average Bonchev–Trinajstić information content (AvgIpc) is 2.73. The van der Waals surface area contributed by atoms with Crippen LogP contribution in [-0.2, 0) is 21.4 Å². The zero-order valence-corrected chi connectivity index (χ0v) is 17.5. The highest BCUT2D eigenvalue weighted by atomic mass is 32.2. The number of piperazine rings is 1. The second-order valence-electron chi connectivity index (χ2n) is 7.27. The summed E-state index contributed by atoms with van der Waals surface area (Å²) in [6, 6.07) is 12.4. The molecule has 29 heavy (non-hydrogen) atoms. The third-order valence-electron chi connectivity index (χ3n) is 5.24. The molecule has 0 aromatic heterocycles. The Bertz CT molecular complexity index is 938. The second-order valence-corrected chi connectivity index (χ2v) is 9.21. The highest BCUT2D eigenvalue weighted by Crippen LogP contribution is 2.19. The van der Waals surface area contributed by atoms with E-state index in [4.69, 9.17) is 0 Å². The molecule has 0 saturated carbocycles. The van der Waals surface area contributed by atoms with Gasteiger partial charge in [-0.25, -0.2) is 12.8 Å². The Morgan fingerprint density at radius 2 is 1.62 bits per heavy atom. The molecule has 8 heteroatoms. The summed E-state index contributed by atoms with van der Waals surface area (Å²) in [6.45, 7) is 5.69. The molecule has 1 amide bonds. The standard InChI is InChI=1S/C21H26FN3O3S/c1-16-3-9-20(10-4-16)29(27,28)25-13-11-24(12-14-25)17(2)21(26)23-15-18-5-7-19(22)8-6-18/h3-10,17H,11-15H2,1-2H3,(H,23,26)/t17-/m0/s1. The SMILES string of the molecule is Cc1ccc(S(=O)(=O)N2CCN([C@@H](C)C(=O)NCc3ccc(F)cc3)CC2)cc1. The van der Waals surface area contributed by atoms with E-state index in [-0.39, 0.29) is 17.8 Å². The molecular weight excluding hydrogens is 393 g/mol. The topological polar surface area (TPSA) is 69.7 Å². The van der Waals surface area contributed by atoms with Crippen molar-refractivity contribution in [2.75, 3.05) is 26.2 Å². The lowest BCUT2D eigenvalue weighted by Gasteiger charge is -2.36. The van der Waals surface area contributed by atoms with Gasteiger partial charge in [0.1, 0.15) is 5.82 Å². The smallest absolute Gasteiger partial charge is 0.243 e. The monoisotopic (exact) mass is 419 g/mol. The number of benzene rings is 2. The van der Waals surface area contributed by atoms with E-state index in [1.807, 2.05) is 18.7 Å². The van der Waals surface area contributed by atoms with Gasteiger partial charge >= 0.3 is 0 Å². The van der Waals surface area contributed by atoms with Crippen LogP contribution in [0.4, 0.5) is 4.39 Å². The number of halogens is 1. The van der Waals surface area contributed by atoms with Gasteiger partial charge in [0.25, 0.3) is 0 Å². The molecule has 0 unspecified atom stereocenters. The highest BCUT2D eigenvalue weighted by Gasteiger charge is 2.31. The van der Waals surface area contributed by atoms with Crippen LogP contribution in [0.1, 0.15) is 18.1 Å². The van der Waals surface area contributed by atoms with Crippen molar-refractivity contribution in [1.29, 1.82) is 0 Å². The van der Waals surface area contributed by atoms with Crippen LogP contribution in [0, 0.1) is 12.7 Å². The van der Waals surface area contributed by atoms with Gasteiger partial charge in [-0.2, -0.15) is 4.31 Å². The van der Waals surface area contributed by atoms with Crippen molar-refractivity contribution in [2.24, 2.45) is 0 Å². The Morgan fingerprint density at radius 3 is 2.21 bits per heavy atom. The van der Waals surface area contributed by atoms with E-state index in [0.717, 1.165) is 11.1 Å². The van der Waals surface area contributed by atoms with E-state index in [1.165, 1.54) is 16.4 Å². The predicted octanol–water partition coefficient (Wildman–Crippen LogP) is 2.15. The first-order valence-electron chi connectivity index (χ1n) is 9.60. The molecule has 1 saturated heterocycles.